The van der Waals surface area contributed by atoms with Gasteiger partial charge in [0.1, 0.15) is 0 Å². The van der Waals surface area contributed by atoms with E-state index < -0.39 is 0 Å². The lowest BCUT2D eigenvalue weighted by Crippen LogP contribution is -2.28. The minimum atomic E-state index is 0.141. The van der Waals surface area contributed by atoms with Crippen molar-refractivity contribution in [1.29, 1.82) is 0 Å². The Hall–Kier alpha value is -0.380. The van der Waals surface area contributed by atoms with Gasteiger partial charge in [-0.3, -0.25) is 0 Å². The fraction of sp³-hybridized carbons (Fsp3) is 0.455. The molecule has 1 atom stereocenters. The minimum Gasteiger partial charge on any atom is -0.395 e. The van der Waals surface area contributed by atoms with E-state index in [1.807, 2.05) is 6.92 Å². The first kappa shape index (κ1) is 11.7. The van der Waals surface area contributed by atoms with Gasteiger partial charge in [0.05, 0.1) is 6.61 Å². The predicted molar refractivity (Wildman–Crippen MR) is 62.3 cm³/mol. The second kappa shape index (κ2) is 5.49. The Balaban J connectivity index is 2.62. The number of aliphatic hydroxyl groups is 1. The smallest absolute Gasteiger partial charge is 0.0582 e. The summed E-state index contributed by atoms with van der Waals surface area (Å²) in [5.41, 5.74) is 2.48. The van der Waals surface area contributed by atoms with Gasteiger partial charge in [0, 0.05) is 17.1 Å². The second-order valence-electron chi connectivity index (χ2n) is 3.56. The third-order valence-corrected chi connectivity index (χ3v) is 2.89. The van der Waals surface area contributed by atoms with Crippen LogP contribution < -0.4 is 5.32 Å². The third kappa shape index (κ3) is 3.40. The van der Waals surface area contributed by atoms with Gasteiger partial charge in [-0.15, -0.1) is 0 Å². The third-order valence-electron chi connectivity index (χ3n) is 2.12. The van der Waals surface area contributed by atoms with E-state index in [-0.39, 0.29) is 12.6 Å². The number of hydrogen-bond donors (Lipinski definition) is 2. The van der Waals surface area contributed by atoms with Crippen molar-refractivity contribution >= 4 is 15.9 Å². The maximum absolute atomic E-state index is 8.86. The van der Waals surface area contributed by atoms with Crippen LogP contribution in [0.5, 0.6) is 0 Å². The lowest BCUT2D eigenvalue weighted by molar-refractivity contribution is 0.251. The molecule has 78 valence electrons. The van der Waals surface area contributed by atoms with Crippen LogP contribution in [-0.4, -0.2) is 17.8 Å². The van der Waals surface area contributed by atoms with Crippen molar-refractivity contribution in [2.75, 3.05) is 6.61 Å². The number of nitrogens with one attached hydrogen (secondary N) is 1. The number of benzene rings is 1. The van der Waals surface area contributed by atoms with Crippen molar-refractivity contribution in [2.24, 2.45) is 0 Å². The Labute approximate surface area is 93.5 Å². The van der Waals surface area contributed by atoms with E-state index >= 15 is 0 Å². The summed E-state index contributed by atoms with van der Waals surface area (Å²) in [4.78, 5) is 0. The molecule has 0 aromatic heterocycles. The molecule has 1 unspecified atom stereocenters. The van der Waals surface area contributed by atoms with E-state index in [2.05, 4.69) is 46.4 Å². The van der Waals surface area contributed by atoms with Crippen molar-refractivity contribution in [2.45, 2.75) is 26.4 Å². The average molecular weight is 258 g/mol. The first-order valence-electron chi connectivity index (χ1n) is 4.72. The standard InChI is InChI=1S/C11H16BrNO/c1-8-3-4-11(12)10(5-8)6-13-9(2)7-14/h3-5,9,13-14H,6-7H2,1-2H3. The Kier molecular flexibility index (Phi) is 4.58. The van der Waals surface area contributed by atoms with Crippen LogP contribution in [-0.2, 0) is 6.54 Å². The summed E-state index contributed by atoms with van der Waals surface area (Å²) < 4.78 is 1.11. The van der Waals surface area contributed by atoms with E-state index in [1.54, 1.807) is 0 Å². The van der Waals surface area contributed by atoms with Crippen LogP contribution in [0.15, 0.2) is 22.7 Å². The van der Waals surface area contributed by atoms with Crippen LogP contribution in [0.25, 0.3) is 0 Å². The van der Waals surface area contributed by atoms with Gasteiger partial charge < -0.3 is 10.4 Å². The highest BCUT2D eigenvalue weighted by molar-refractivity contribution is 9.10. The molecule has 0 aliphatic rings. The van der Waals surface area contributed by atoms with E-state index in [4.69, 9.17) is 5.11 Å². The normalized spacial score (nSPS) is 12.9. The highest BCUT2D eigenvalue weighted by Gasteiger charge is 2.02. The molecule has 0 fully saturated rings. The molecule has 0 bridgehead atoms. The fourth-order valence-corrected chi connectivity index (χ4v) is 1.57. The molecule has 0 aliphatic carbocycles. The molecule has 1 rings (SSSR count). The SMILES string of the molecule is Cc1ccc(Br)c(CNC(C)CO)c1. The van der Waals surface area contributed by atoms with Crippen molar-refractivity contribution in [3.8, 4) is 0 Å². The Morgan fingerprint density at radius 1 is 1.50 bits per heavy atom. The first-order valence-corrected chi connectivity index (χ1v) is 5.52. The van der Waals surface area contributed by atoms with Crippen molar-refractivity contribution in [3.05, 3.63) is 33.8 Å². The van der Waals surface area contributed by atoms with Crippen molar-refractivity contribution < 1.29 is 5.11 Å². The number of hydrogen-bond acceptors (Lipinski definition) is 2. The molecular formula is C11H16BrNO. The molecule has 0 saturated carbocycles. The van der Waals surface area contributed by atoms with Gasteiger partial charge in [-0.05, 0) is 25.5 Å². The number of halogens is 1. The Bertz CT molecular complexity index is 301. The average Bonchev–Trinajstić information content (AvgIpc) is 2.19. The van der Waals surface area contributed by atoms with Crippen LogP contribution in [0.2, 0.25) is 0 Å². The fourth-order valence-electron chi connectivity index (χ4n) is 1.19. The zero-order chi connectivity index (χ0) is 10.6. The molecule has 0 heterocycles. The van der Waals surface area contributed by atoms with Gasteiger partial charge in [0.25, 0.3) is 0 Å². The van der Waals surface area contributed by atoms with Gasteiger partial charge in [-0.25, -0.2) is 0 Å². The lowest BCUT2D eigenvalue weighted by Gasteiger charge is -2.12. The molecule has 0 spiro atoms. The Morgan fingerprint density at radius 2 is 2.21 bits per heavy atom. The highest BCUT2D eigenvalue weighted by atomic mass is 79.9. The number of rotatable bonds is 4. The van der Waals surface area contributed by atoms with Crippen LogP contribution in [0.4, 0.5) is 0 Å². The van der Waals surface area contributed by atoms with Crippen molar-refractivity contribution in [1.82, 2.24) is 5.32 Å². The largest absolute Gasteiger partial charge is 0.395 e. The summed E-state index contributed by atoms with van der Waals surface area (Å²) in [7, 11) is 0. The van der Waals surface area contributed by atoms with E-state index in [1.165, 1.54) is 11.1 Å². The van der Waals surface area contributed by atoms with Gasteiger partial charge >= 0.3 is 0 Å². The molecule has 0 amide bonds. The van der Waals surface area contributed by atoms with Crippen LogP contribution in [0.1, 0.15) is 18.1 Å². The Morgan fingerprint density at radius 3 is 2.86 bits per heavy atom. The summed E-state index contributed by atoms with van der Waals surface area (Å²) in [6, 6.07) is 6.41. The first-order chi connectivity index (χ1) is 6.63. The maximum Gasteiger partial charge on any atom is 0.0582 e. The summed E-state index contributed by atoms with van der Waals surface area (Å²) in [5.74, 6) is 0. The number of aryl methyl sites for hydroxylation is 1. The quantitative estimate of drug-likeness (QED) is 0.868. The van der Waals surface area contributed by atoms with Gasteiger partial charge in [0.15, 0.2) is 0 Å². The summed E-state index contributed by atoms with van der Waals surface area (Å²) in [5, 5.41) is 12.1. The lowest BCUT2D eigenvalue weighted by atomic mass is 10.1. The van der Waals surface area contributed by atoms with Gasteiger partial charge in [0.2, 0.25) is 0 Å². The highest BCUT2D eigenvalue weighted by Crippen LogP contribution is 2.17. The molecule has 1 aromatic carbocycles. The molecular weight excluding hydrogens is 242 g/mol. The molecule has 0 radical (unpaired) electrons. The van der Waals surface area contributed by atoms with Crippen molar-refractivity contribution in [3.63, 3.8) is 0 Å². The van der Waals surface area contributed by atoms with E-state index in [0.29, 0.717) is 0 Å². The predicted octanol–water partition coefficient (Wildman–Crippen LogP) is 2.23. The van der Waals surface area contributed by atoms with E-state index in [9.17, 15) is 0 Å². The maximum atomic E-state index is 8.86. The second-order valence-corrected chi connectivity index (χ2v) is 4.41. The van der Waals surface area contributed by atoms with E-state index in [0.717, 1.165) is 11.0 Å². The molecule has 0 saturated heterocycles. The summed E-state index contributed by atoms with van der Waals surface area (Å²) in [6.45, 7) is 4.99. The molecule has 2 nitrogen and oxygen atoms in total. The molecule has 1 aromatic rings. The van der Waals surface area contributed by atoms with Gasteiger partial charge in [-0.1, -0.05) is 33.6 Å². The van der Waals surface area contributed by atoms with Gasteiger partial charge in [-0.2, -0.15) is 0 Å². The molecule has 3 heteroatoms. The monoisotopic (exact) mass is 257 g/mol. The van der Waals surface area contributed by atoms with Crippen LogP contribution in [0.3, 0.4) is 0 Å². The summed E-state index contributed by atoms with van der Waals surface area (Å²) >= 11 is 3.50. The van der Waals surface area contributed by atoms with Crippen LogP contribution in [0, 0.1) is 6.92 Å². The molecule has 0 aliphatic heterocycles. The molecule has 2 N–H and O–H groups in total. The zero-order valence-corrected chi connectivity index (χ0v) is 10.1. The summed E-state index contributed by atoms with van der Waals surface area (Å²) in [6.07, 6.45) is 0. The number of aliphatic hydroxyl groups excluding tert-OH is 1. The minimum absolute atomic E-state index is 0.141. The molecule has 14 heavy (non-hydrogen) atoms. The zero-order valence-electron chi connectivity index (χ0n) is 8.55. The topological polar surface area (TPSA) is 32.3 Å². The van der Waals surface area contributed by atoms with Crippen LogP contribution >= 0.6 is 15.9 Å².